The Labute approximate surface area is 135 Å². The monoisotopic (exact) mass is 315 g/mol. The van der Waals surface area contributed by atoms with Gasteiger partial charge in [-0.25, -0.2) is 4.39 Å². The molecule has 0 bridgehead atoms. The fourth-order valence-corrected chi connectivity index (χ4v) is 2.19. The van der Waals surface area contributed by atoms with E-state index in [1.807, 2.05) is 32.1 Å². The number of rotatable bonds is 7. The normalized spacial score (nSPS) is 13.0. The van der Waals surface area contributed by atoms with Crippen molar-refractivity contribution in [2.45, 2.75) is 27.2 Å². The minimum absolute atomic E-state index is 0.233. The molecule has 1 rings (SSSR count). The minimum Gasteiger partial charge on any atom is -0.355 e. The van der Waals surface area contributed by atoms with E-state index >= 15 is 0 Å². The number of benzene rings is 1. The Morgan fingerprint density at radius 3 is 2.55 bits per heavy atom. The second kappa shape index (κ2) is 9.17. The number of hydrogen-bond donors (Lipinski definition) is 1. The lowest BCUT2D eigenvalue weighted by atomic mass is 9.99. The van der Waals surface area contributed by atoms with Crippen molar-refractivity contribution in [1.29, 1.82) is 0 Å². The van der Waals surface area contributed by atoms with Gasteiger partial charge in [0.2, 0.25) is 0 Å². The van der Waals surface area contributed by atoms with Gasteiger partial charge in [-0.3, -0.25) is 0 Å². The summed E-state index contributed by atoms with van der Waals surface area (Å²) in [6, 6.07) is 6.78. The average Bonchev–Trinajstić information content (AvgIpc) is 2.49. The van der Waals surface area contributed by atoms with Crippen LogP contribution in [-0.4, -0.2) is 5.42 Å². The van der Waals surface area contributed by atoms with Gasteiger partial charge in [0.05, 0.1) is 0 Å². The maximum Gasteiger partial charge on any atom is 0.130 e. The highest BCUT2D eigenvalue weighted by atomic mass is 31.0. The van der Waals surface area contributed by atoms with Crippen LogP contribution in [-0.2, 0) is 0 Å². The molecule has 0 unspecified atom stereocenters. The molecule has 1 nitrogen and oxygen atoms in total. The predicted octanol–water partition coefficient (Wildman–Crippen LogP) is 5.52. The Hall–Kier alpha value is -1.92. The molecule has 0 heterocycles. The van der Waals surface area contributed by atoms with Crippen LogP contribution in [0.15, 0.2) is 66.4 Å². The lowest BCUT2D eigenvalue weighted by Gasteiger charge is -2.16. The fraction of sp³-hybridized carbons (Fsp3) is 0.211. The lowest BCUT2D eigenvalue weighted by Crippen LogP contribution is -2.19. The number of nitrogens with one attached hydrogen (secondary N) is 1. The molecule has 22 heavy (non-hydrogen) atoms. The average molecular weight is 315 g/mol. The Bertz CT molecular complexity index is 639. The molecular weight excluding hydrogens is 292 g/mol. The molecule has 0 amide bonds. The van der Waals surface area contributed by atoms with E-state index in [-0.39, 0.29) is 5.82 Å². The second-order valence-electron chi connectivity index (χ2n) is 4.90. The third-order valence-electron chi connectivity index (χ3n) is 3.08. The van der Waals surface area contributed by atoms with Crippen molar-refractivity contribution in [2.75, 3.05) is 0 Å². The van der Waals surface area contributed by atoms with Gasteiger partial charge in [0.25, 0.3) is 0 Å². The van der Waals surface area contributed by atoms with Gasteiger partial charge in [-0.2, -0.15) is 0 Å². The van der Waals surface area contributed by atoms with Gasteiger partial charge in [-0.05, 0) is 37.5 Å². The summed E-state index contributed by atoms with van der Waals surface area (Å²) in [7, 11) is 3.48. The quantitative estimate of drug-likeness (QED) is 0.516. The zero-order chi connectivity index (χ0) is 16.5. The summed E-state index contributed by atoms with van der Waals surface area (Å²) in [6.45, 7) is 9.65. The molecular formula is C19H23FNP. The molecule has 0 aromatic heterocycles. The van der Waals surface area contributed by atoms with Gasteiger partial charge in [-0.1, -0.05) is 56.0 Å². The van der Waals surface area contributed by atoms with Crippen molar-refractivity contribution >= 4 is 19.9 Å². The molecule has 0 aliphatic heterocycles. The van der Waals surface area contributed by atoms with Crippen LogP contribution in [0.25, 0.3) is 5.57 Å². The van der Waals surface area contributed by atoms with Gasteiger partial charge < -0.3 is 5.32 Å². The summed E-state index contributed by atoms with van der Waals surface area (Å²) in [6.07, 6.45) is 8.65. The first-order valence-corrected chi connectivity index (χ1v) is 7.78. The molecule has 0 spiro atoms. The summed E-state index contributed by atoms with van der Waals surface area (Å²) in [4.78, 5) is 0. The maximum atomic E-state index is 14.1. The first-order chi connectivity index (χ1) is 10.5. The topological polar surface area (TPSA) is 12.0 Å². The van der Waals surface area contributed by atoms with Gasteiger partial charge in [0.1, 0.15) is 5.82 Å². The molecule has 1 N–H and O–H groups in total. The van der Waals surface area contributed by atoms with Crippen LogP contribution < -0.4 is 5.32 Å². The fourth-order valence-electron chi connectivity index (χ4n) is 2.06. The number of halogens is 1. The van der Waals surface area contributed by atoms with E-state index in [1.54, 1.807) is 18.2 Å². The van der Waals surface area contributed by atoms with Gasteiger partial charge >= 0.3 is 0 Å². The number of allylic oxidation sites excluding steroid dienone is 5. The predicted molar refractivity (Wildman–Crippen MR) is 98.8 cm³/mol. The summed E-state index contributed by atoms with van der Waals surface area (Å²) >= 11 is 0. The van der Waals surface area contributed by atoms with Crippen molar-refractivity contribution in [1.82, 2.24) is 5.32 Å². The Morgan fingerprint density at radius 1 is 1.32 bits per heavy atom. The summed E-state index contributed by atoms with van der Waals surface area (Å²) in [5.74, 6) is -0.233. The molecule has 0 saturated heterocycles. The van der Waals surface area contributed by atoms with Crippen LogP contribution in [0.4, 0.5) is 4.39 Å². The largest absolute Gasteiger partial charge is 0.355 e. The summed E-state index contributed by atoms with van der Waals surface area (Å²) in [5, 5.41) is 3.28. The third-order valence-corrected chi connectivity index (χ3v) is 3.21. The maximum absolute atomic E-state index is 14.1. The zero-order valence-electron chi connectivity index (χ0n) is 13.4. The third kappa shape index (κ3) is 5.13. The van der Waals surface area contributed by atoms with E-state index in [0.29, 0.717) is 5.56 Å². The van der Waals surface area contributed by atoms with E-state index in [9.17, 15) is 4.39 Å². The molecule has 1 aromatic carbocycles. The number of hydrogen-bond acceptors (Lipinski definition) is 0. The van der Waals surface area contributed by atoms with Crippen molar-refractivity contribution in [3.05, 3.63) is 77.8 Å². The SMILES string of the molecule is C=C/C=C(\C=C/CC)C(/NC(C)=P)=C(/C)c1ccccc1F. The molecule has 3 heteroatoms. The van der Waals surface area contributed by atoms with Crippen LogP contribution >= 0.6 is 8.86 Å². The molecule has 0 atom stereocenters. The van der Waals surface area contributed by atoms with E-state index in [1.165, 1.54) is 6.07 Å². The molecule has 1 aromatic rings. The van der Waals surface area contributed by atoms with Gasteiger partial charge in [0.15, 0.2) is 0 Å². The van der Waals surface area contributed by atoms with E-state index in [4.69, 9.17) is 0 Å². The lowest BCUT2D eigenvalue weighted by molar-refractivity contribution is 0.623. The van der Waals surface area contributed by atoms with E-state index < -0.39 is 0 Å². The van der Waals surface area contributed by atoms with Crippen LogP contribution in [0.1, 0.15) is 32.8 Å². The van der Waals surface area contributed by atoms with Crippen LogP contribution in [0, 0.1) is 5.82 Å². The molecule has 0 fully saturated rings. The highest BCUT2D eigenvalue weighted by Gasteiger charge is 2.11. The van der Waals surface area contributed by atoms with Gasteiger partial charge in [-0.15, -0.1) is 8.86 Å². The van der Waals surface area contributed by atoms with Gasteiger partial charge in [0, 0.05) is 16.7 Å². The van der Waals surface area contributed by atoms with E-state index in [0.717, 1.165) is 28.7 Å². The first-order valence-electron chi connectivity index (χ1n) is 7.28. The Kier molecular flexibility index (Phi) is 7.56. The highest BCUT2D eigenvalue weighted by molar-refractivity contribution is 7.20. The van der Waals surface area contributed by atoms with Crippen LogP contribution in [0.2, 0.25) is 0 Å². The van der Waals surface area contributed by atoms with Crippen molar-refractivity contribution in [2.24, 2.45) is 0 Å². The minimum atomic E-state index is -0.233. The van der Waals surface area contributed by atoms with Crippen LogP contribution in [0.3, 0.4) is 0 Å². The Balaban J connectivity index is 3.49. The molecule has 0 saturated carbocycles. The summed E-state index contributed by atoms with van der Waals surface area (Å²) < 4.78 is 14.1. The first kappa shape index (κ1) is 18.1. The Morgan fingerprint density at radius 2 is 2.00 bits per heavy atom. The van der Waals surface area contributed by atoms with Crippen molar-refractivity contribution < 1.29 is 4.39 Å². The molecule has 0 aliphatic rings. The highest BCUT2D eigenvalue weighted by Crippen LogP contribution is 2.25. The molecule has 0 radical (unpaired) electrons. The smallest absolute Gasteiger partial charge is 0.130 e. The second-order valence-corrected chi connectivity index (χ2v) is 5.65. The van der Waals surface area contributed by atoms with E-state index in [2.05, 4.69) is 33.8 Å². The molecule has 0 aliphatic carbocycles. The standard InChI is InChI=1S/C19H23FNP/c1-5-7-11-16(10-6-2)19(21-15(4)22)14(3)17-12-8-9-13-18(17)20/h6-13,21-22H,2,5H2,1,3-4H3/b11-7-,16-10+,19-14+. The zero-order valence-corrected chi connectivity index (χ0v) is 14.4. The van der Waals surface area contributed by atoms with Crippen molar-refractivity contribution in [3.8, 4) is 0 Å². The summed E-state index contributed by atoms with van der Waals surface area (Å²) in [5.41, 5.74) is 4.07. The molecule has 116 valence electrons. The van der Waals surface area contributed by atoms with Crippen LogP contribution in [0.5, 0.6) is 0 Å². The van der Waals surface area contributed by atoms with Crippen molar-refractivity contribution in [3.63, 3.8) is 0 Å².